The van der Waals surface area contributed by atoms with Crippen molar-refractivity contribution >= 4 is 23.2 Å². The third-order valence-electron chi connectivity index (χ3n) is 4.14. The molecule has 0 bridgehead atoms. The third-order valence-corrected chi connectivity index (χ3v) is 4.42. The molecule has 0 unspecified atom stereocenters. The van der Waals surface area contributed by atoms with Gasteiger partial charge in [-0.25, -0.2) is 4.98 Å². The van der Waals surface area contributed by atoms with Gasteiger partial charge in [-0.1, -0.05) is 17.7 Å². The first-order valence-corrected chi connectivity index (χ1v) is 8.84. The minimum Gasteiger partial charge on any atom is -0.486 e. The van der Waals surface area contributed by atoms with Crippen molar-refractivity contribution in [2.45, 2.75) is 12.8 Å². The molecule has 1 aliphatic rings. The van der Waals surface area contributed by atoms with E-state index in [9.17, 15) is 4.79 Å². The number of imidazole rings is 1. The van der Waals surface area contributed by atoms with Crippen molar-refractivity contribution in [2.24, 2.45) is 0 Å². The number of nitrogens with one attached hydrogen (secondary N) is 1. The summed E-state index contributed by atoms with van der Waals surface area (Å²) in [5.74, 6) is 1.08. The number of rotatable bonds is 5. The van der Waals surface area contributed by atoms with E-state index < -0.39 is 0 Å². The lowest BCUT2D eigenvalue weighted by molar-refractivity contribution is -0.120. The smallest absolute Gasteiger partial charge is 0.224 e. The van der Waals surface area contributed by atoms with Gasteiger partial charge in [-0.3, -0.25) is 4.79 Å². The van der Waals surface area contributed by atoms with E-state index in [1.165, 1.54) is 0 Å². The monoisotopic (exact) mass is 371 g/mol. The Bertz CT molecular complexity index is 921. The Balaban J connectivity index is 1.33. The fraction of sp³-hybridized carbons (Fsp3) is 0.263. The zero-order chi connectivity index (χ0) is 17.9. The van der Waals surface area contributed by atoms with Crippen LogP contribution in [0.3, 0.4) is 0 Å². The lowest BCUT2D eigenvalue weighted by Crippen LogP contribution is -2.27. The summed E-state index contributed by atoms with van der Waals surface area (Å²) in [7, 11) is 0. The van der Waals surface area contributed by atoms with Crippen LogP contribution in [-0.2, 0) is 17.6 Å². The van der Waals surface area contributed by atoms with Crippen LogP contribution >= 0.6 is 11.6 Å². The fourth-order valence-corrected chi connectivity index (χ4v) is 3.24. The first-order chi connectivity index (χ1) is 12.7. The zero-order valence-corrected chi connectivity index (χ0v) is 14.8. The van der Waals surface area contributed by atoms with Crippen molar-refractivity contribution in [2.75, 3.05) is 19.8 Å². The van der Waals surface area contributed by atoms with Crippen LogP contribution in [-0.4, -0.2) is 35.1 Å². The van der Waals surface area contributed by atoms with Crippen molar-refractivity contribution in [1.29, 1.82) is 0 Å². The minimum atomic E-state index is -0.0680. The van der Waals surface area contributed by atoms with Crippen LogP contribution in [0.15, 0.2) is 42.7 Å². The average molecular weight is 372 g/mol. The molecule has 0 saturated heterocycles. The van der Waals surface area contributed by atoms with E-state index in [1.54, 1.807) is 6.07 Å². The number of carbonyl (C=O) groups is 1. The number of benzene rings is 1. The highest BCUT2D eigenvalue weighted by atomic mass is 35.5. The first-order valence-electron chi connectivity index (χ1n) is 8.46. The number of amides is 1. The van der Waals surface area contributed by atoms with Crippen LogP contribution in [0.1, 0.15) is 11.3 Å². The van der Waals surface area contributed by atoms with Gasteiger partial charge >= 0.3 is 0 Å². The van der Waals surface area contributed by atoms with E-state index in [1.807, 2.05) is 41.1 Å². The molecule has 0 atom stereocenters. The molecule has 4 rings (SSSR count). The normalized spacial score (nSPS) is 13.0. The molecule has 0 radical (unpaired) electrons. The third kappa shape index (κ3) is 3.60. The second-order valence-electron chi connectivity index (χ2n) is 6.08. The SMILES string of the molecule is O=C(Cc1cc(Cl)c2c(c1)OCCO2)NCCc1cn2ccccc2n1. The van der Waals surface area contributed by atoms with Gasteiger partial charge in [0.25, 0.3) is 0 Å². The van der Waals surface area contributed by atoms with Crippen molar-refractivity contribution in [3.05, 3.63) is 59.0 Å². The molecular formula is C19H18ClN3O3. The van der Waals surface area contributed by atoms with Crippen molar-refractivity contribution < 1.29 is 14.3 Å². The van der Waals surface area contributed by atoms with Crippen molar-refractivity contribution in [3.8, 4) is 11.5 Å². The van der Waals surface area contributed by atoms with E-state index in [-0.39, 0.29) is 12.3 Å². The van der Waals surface area contributed by atoms with E-state index in [4.69, 9.17) is 21.1 Å². The molecule has 1 aromatic carbocycles. The molecule has 6 nitrogen and oxygen atoms in total. The molecule has 134 valence electrons. The minimum absolute atomic E-state index is 0.0680. The summed E-state index contributed by atoms with van der Waals surface area (Å²) in [6.07, 6.45) is 4.84. The van der Waals surface area contributed by atoms with Crippen LogP contribution in [0.2, 0.25) is 5.02 Å². The number of halogens is 1. The standard InChI is InChI=1S/C19H18ClN3O3/c20-15-9-13(10-16-19(15)26-8-7-25-16)11-18(24)21-5-4-14-12-23-6-2-1-3-17(23)22-14/h1-3,6,9-10,12H,4-5,7-8,11H2,(H,21,24). The highest BCUT2D eigenvalue weighted by molar-refractivity contribution is 6.32. The highest BCUT2D eigenvalue weighted by Gasteiger charge is 2.17. The number of ether oxygens (including phenoxy) is 2. The second-order valence-corrected chi connectivity index (χ2v) is 6.48. The maximum absolute atomic E-state index is 12.2. The van der Waals surface area contributed by atoms with Crippen LogP contribution < -0.4 is 14.8 Å². The van der Waals surface area contributed by atoms with Crippen LogP contribution in [0.25, 0.3) is 5.65 Å². The summed E-state index contributed by atoms with van der Waals surface area (Å²) < 4.78 is 13.0. The van der Waals surface area contributed by atoms with Crippen LogP contribution in [0.5, 0.6) is 11.5 Å². The molecule has 0 fully saturated rings. The number of fused-ring (bicyclic) bond motifs is 2. The fourth-order valence-electron chi connectivity index (χ4n) is 2.95. The Morgan fingerprint density at radius 3 is 3.04 bits per heavy atom. The highest BCUT2D eigenvalue weighted by Crippen LogP contribution is 2.38. The maximum atomic E-state index is 12.2. The maximum Gasteiger partial charge on any atom is 0.224 e. The molecule has 0 saturated carbocycles. The van der Waals surface area contributed by atoms with Gasteiger partial charge in [-0.05, 0) is 29.8 Å². The Morgan fingerprint density at radius 1 is 1.27 bits per heavy atom. The Morgan fingerprint density at radius 2 is 2.15 bits per heavy atom. The molecule has 7 heteroatoms. The number of nitrogens with zero attached hydrogens (tertiary/aromatic N) is 2. The molecule has 26 heavy (non-hydrogen) atoms. The van der Waals surface area contributed by atoms with E-state index >= 15 is 0 Å². The summed E-state index contributed by atoms with van der Waals surface area (Å²) in [6.45, 7) is 1.49. The molecule has 0 spiro atoms. The topological polar surface area (TPSA) is 64.9 Å². The average Bonchev–Trinajstić information content (AvgIpc) is 3.04. The van der Waals surface area contributed by atoms with Gasteiger partial charge in [0, 0.05) is 25.4 Å². The Labute approximate surface area is 155 Å². The number of aromatic nitrogens is 2. The van der Waals surface area contributed by atoms with Crippen LogP contribution in [0, 0.1) is 0 Å². The molecule has 2 aromatic heterocycles. The molecule has 0 aliphatic carbocycles. The molecule has 1 amide bonds. The van der Waals surface area contributed by atoms with Crippen molar-refractivity contribution in [3.63, 3.8) is 0 Å². The van der Waals surface area contributed by atoms with Gasteiger partial charge in [0.2, 0.25) is 5.91 Å². The Hall–Kier alpha value is -2.73. The molecule has 3 aromatic rings. The summed E-state index contributed by atoms with van der Waals surface area (Å²) in [6, 6.07) is 9.41. The summed E-state index contributed by atoms with van der Waals surface area (Å²) >= 11 is 6.21. The zero-order valence-electron chi connectivity index (χ0n) is 14.1. The quantitative estimate of drug-likeness (QED) is 0.749. The molecule has 1 N–H and O–H groups in total. The van der Waals surface area contributed by atoms with E-state index in [2.05, 4.69) is 10.3 Å². The van der Waals surface area contributed by atoms with Gasteiger partial charge < -0.3 is 19.2 Å². The number of pyridine rings is 1. The predicted octanol–water partition coefficient (Wildman–Crippen LogP) is 2.66. The lowest BCUT2D eigenvalue weighted by atomic mass is 10.1. The van der Waals surface area contributed by atoms with Gasteiger partial charge in [-0.2, -0.15) is 0 Å². The van der Waals surface area contributed by atoms with Crippen LogP contribution in [0.4, 0.5) is 0 Å². The number of hydrogen-bond acceptors (Lipinski definition) is 4. The van der Waals surface area contributed by atoms with E-state index in [0.717, 1.165) is 16.9 Å². The van der Waals surface area contributed by atoms with Gasteiger partial charge in [0.05, 0.1) is 17.1 Å². The van der Waals surface area contributed by atoms with E-state index in [0.29, 0.717) is 42.7 Å². The van der Waals surface area contributed by atoms with Crippen molar-refractivity contribution in [1.82, 2.24) is 14.7 Å². The first kappa shape index (κ1) is 16.7. The van der Waals surface area contributed by atoms with Gasteiger partial charge in [0.1, 0.15) is 18.9 Å². The second kappa shape index (κ2) is 7.25. The molecular weight excluding hydrogens is 354 g/mol. The van der Waals surface area contributed by atoms with Gasteiger partial charge in [0.15, 0.2) is 11.5 Å². The summed E-state index contributed by atoms with van der Waals surface area (Å²) in [5.41, 5.74) is 2.64. The predicted molar refractivity (Wildman–Crippen MR) is 98.1 cm³/mol. The van der Waals surface area contributed by atoms with Gasteiger partial charge in [-0.15, -0.1) is 0 Å². The molecule has 3 heterocycles. The lowest BCUT2D eigenvalue weighted by Gasteiger charge is -2.20. The Kier molecular flexibility index (Phi) is 4.67. The number of carbonyl (C=O) groups excluding carboxylic acids is 1. The summed E-state index contributed by atoms with van der Waals surface area (Å²) in [4.78, 5) is 16.7. The number of hydrogen-bond donors (Lipinski definition) is 1. The largest absolute Gasteiger partial charge is 0.486 e. The summed E-state index contributed by atoms with van der Waals surface area (Å²) in [5, 5.41) is 3.39. The molecule has 1 aliphatic heterocycles.